The molecule has 0 aliphatic carbocycles. The first-order valence-corrected chi connectivity index (χ1v) is 3.48. The third kappa shape index (κ3) is 2.91. The second-order valence-corrected chi connectivity index (χ2v) is 2.37. The molecule has 0 amide bonds. The largest absolute Gasteiger partial charge is 0.226 e. The van der Waals surface area contributed by atoms with Crippen molar-refractivity contribution < 1.29 is 12.3 Å². The van der Waals surface area contributed by atoms with Gasteiger partial charge < -0.3 is 0 Å². The van der Waals surface area contributed by atoms with E-state index in [1.807, 2.05) is 0 Å². The first-order valence-electron chi connectivity index (χ1n) is 7.22. The lowest BCUT2D eigenvalue weighted by atomic mass is 10.1. The van der Waals surface area contributed by atoms with Crippen LogP contribution in [0.25, 0.3) is 0 Å². The molecule has 0 saturated carbocycles. The van der Waals surface area contributed by atoms with E-state index in [0.29, 0.717) is 0 Å². The van der Waals surface area contributed by atoms with Crippen LogP contribution in [0.15, 0.2) is 0 Å². The predicted molar refractivity (Wildman–Crippen MR) is 48.4 cm³/mol. The average Bonchev–Trinajstić information content (AvgIpc) is 2.23. The van der Waals surface area contributed by atoms with E-state index in [4.69, 9.17) is 35.5 Å². The first kappa shape index (κ1) is 3.07. The van der Waals surface area contributed by atoms with Gasteiger partial charge in [0, 0.05) is 18.7 Å². The minimum Gasteiger partial charge on any atom is -0.203 e. The van der Waals surface area contributed by atoms with Gasteiger partial charge in [-0.15, -0.1) is 0 Å². The Labute approximate surface area is 93.8 Å². The van der Waals surface area contributed by atoms with Crippen LogP contribution < -0.4 is 0 Å². The van der Waals surface area contributed by atoms with E-state index in [2.05, 4.69) is 15.0 Å². The van der Waals surface area contributed by atoms with Crippen LogP contribution in [0.2, 0.25) is 10.6 Å². The second kappa shape index (κ2) is 4.01. The summed E-state index contributed by atoms with van der Waals surface area (Å²) in [5.74, 6) is -4.46. The molecule has 0 fully saturated rings. The zero-order valence-electron chi connectivity index (χ0n) is 14.6. The normalized spacial score (nSPS) is 26.0. The van der Waals surface area contributed by atoms with Crippen molar-refractivity contribution in [3.8, 4) is 0 Å². The number of nitrogens with zero attached hydrogens (tertiary/aromatic N) is 3. The summed E-state index contributed by atoms with van der Waals surface area (Å²) >= 11 is 11.0. The quantitative estimate of drug-likeness (QED) is 0.760. The Balaban J connectivity index is 3.63. The topological polar surface area (TPSA) is 38.7 Å². The van der Waals surface area contributed by atoms with Crippen LogP contribution in [0.5, 0.6) is 0 Å². The highest BCUT2D eigenvalue weighted by Crippen LogP contribution is 2.09. The summed E-state index contributed by atoms with van der Waals surface area (Å²) in [6, 6.07) is 0. The fraction of sp³-hybridized carbons (Fsp3) is 0.571. The van der Waals surface area contributed by atoms with Crippen LogP contribution in [-0.2, 0) is 6.37 Å². The molecular formula is C7H9Cl2N3. The average molecular weight is 215 g/mol. The number of hydrogen-bond donors (Lipinski definition) is 0. The van der Waals surface area contributed by atoms with Crippen molar-refractivity contribution in [3.63, 3.8) is 0 Å². The van der Waals surface area contributed by atoms with E-state index >= 15 is 0 Å². The van der Waals surface area contributed by atoms with Gasteiger partial charge in [0.25, 0.3) is 0 Å². The number of hydrogen-bond acceptors (Lipinski definition) is 3. The molecule has 0 aliphatic heterocycles. The van der Waals surface area contributed by atoms with Crippen molar-refractivity contribution >= 4 is 23.2 Å². The van der Waals surface area contributed by atoms with Crippen molar-refractivity contribution in [3.05, 3.63) is 16.4 Å². The van der Waals surface area contributed by atoms with Gasteiger partial charge in [-0.3, -0.25) is 0 Å². The van der Waals surface area contributed by atoms with Gasteiger partial charge in [0.1, 0.15) is 5.82 Å². The Kier molecular flexibility index (Phi) is 1.02. The minimum atomic E-state index is -3.53. The van der Waals surface area contributed by atoms with Gasteiger partial charge in [0.15, 0.2) is 0 Å². The number of rotatable bonds is 2. The molecular weight excluding hydrogens is 197 g/mol. The monoisotopic (exact) mass is 214 g/mol. The molecule has 3 nitrogen and oxygen atoms in total. The molecule has 0 N–H and O–H groups in total. The Morgan fingerprint density at radius 2 is 2.00 bits per heavy atom. The van der Waals surface area contributed by atoms with E-state index in [-0.39, 0.29) is 0 Å². The molecule has 5 heteroatoms. The highest BCUT2D eigenvalue weighted by atomic mass is 35.5. The van der Waals surface area contributed by atoms with E-state index in [1.165, 1.54) is 0 Å². The molecule has 0 radical (unpaired) electrons. The molecule has 0 aromatic carbocycles. The maximum absolute atomic E-state index is 7.82. The number of halogens is 2. The maximum atomic E-state index is 7.82. The lowest BCUT2D eigenvalue weighted by molar-refractivity contribution is 0.617. The third-order valence-electron chi connectivity index (χ3n) is 0.818. The van der Waals surface area contributed by atoms with Gasteiger partial charge in [-0.2, -0.15) is 4.98 Å². The molecule has 0 bridgehead atoms. The molecule has 12 heavy (non-hydrogen) atoms. The maximum Gasteiger partial charge on any atom is 0.226 e. The summed E-state index contributed by atoms with van der Waals surface area (Å²) in [7, 11) is 0. The van der Waals surface area contributed by atoms with Crippen LogP contribution >= 0.6 is 23.2 Å². The summed E-state index contributed by atoms with van der Waals surface area (Å²) in [4.78, 5) is 10.1. The third-order valence-corrected chi connectivity index (χ3v) is 1.16. The molecule has 1 aromatic rings. The molecule has 66 valence electrons. The van der Waals surface area contributed by atoms with Crippen LogP contribution in [0.1, 0.15) is 31.9 Å². The van der Waals surface area contributed by atoms with Crippen molar-refractivity contribution in [1.29, 1.82) is 0 Å². The Hall–Kier alpha value is -0.410. The van der Waals surface area contributed by atoms with Crippen LogP contribution in [0.4, 0.5) is 0 Å². The second-order valence-electron chi connectivity index (χ2n) is 1.70. The van der Waals surface area contributed by atoms with E-state index in [1.54, 1.807) is 0 Å². The lowest BCUT2D eigenvalue weighted by Crippen LogP contribution is -2.02. The van der Waals surface area contributed by atoms with Gasteiger partial charge in [0.05, 0.1) is 0 Å². The van der Waals surface area contributed by atoms with Gasteiger partial charge in [-0.25, -0.2) is 9.97 Å². The molecule has 1 aromatic heterocycles. The van der Waals surface area contributed by atoms with Crippen LogP contribution in [0.3, 0.4) is 0 Å². The molecule has 1 heterocycles. The molecule has 0 saturated heterocycles. The summed E-state index contributed by atoms with van der Waals surface area (Å²) < 4.78 is 67.0. The van der Waals surface area contributed by atoms with Crippen molar-refractivity contribution in [1.82, 2.24) is 15.0 Å². The summed E-state index contributed by atoms with van der Waals surface area (Å²) in [5.41, 5.74) is 0. The lowest BCUT2D eigenvalue weighted by Gasteiger charge is -2.02. The fourth-order valence-electron chi connectivity index (χ4n) is 0.494. The van der Waals surface area contributed by atoms with Crippen molar-refractivity contribution in [2.45, 2.75) is 20.1 Å². The smallest absolute Gasteiger partial charge is 0.203 e. The predicted octanol–water partition coefficient (Wildman–Crippen LogP) is 2.38. The highest BCUT2D eigenvalue weighted by molar-refractivity contribution is 6.30. The molecule has 1 rings (SSSR count). The zero-order chi connectivity index (χ0) is 16.9. The molecule has 0 atom stereocenters. The number of aromatic nitrogens is 3. The van der Waals surface area contributed by atoms with E-state index < -0.39 is 42.4 Å². The molecule has 0 unspecified atom stereocenters. The minimum absolute atomic E-state index is 0.549. The van der Waals surface area contributed by atoms with Gasteiger partial charge in [0.2, 0.25) is 10.6 Å². The van der Waals surface area contributed by atoms with Gasteiger partial charge in [-0.1, -0.05) is 13.7 Å². The van der Waals surface area contributed by atoms with Crippen LogP contribution in [-0.4, -0.2) is 15.0 Å². The highest BCUT2D eigenvalue weighted by Gasteiger charge is 2.04. The van der Waals surface area contributed by atoms with Gasteiger partial charge >= 0.3 is 0 Å². The Morgan fingerprint density at radius 3 is 2.50 bits per heavy atom. The fourth-order valence-corrected chi connectivity index (χ4v) is 0.857. The zero-order valence-corrected chi connectivity index (χ0v) is 7.11. The van der Waals surface area contributed by atoms with Crippen LogP contribution in [0, 0.1) is 5.89 Å². The SMILES string of the molecule is [2H]C([2H])([2H])C([2H])(C([2H])([2H])[2H])C([2H])([2H])c1nc(Cl)nc(Cl)n1. The standard InChI is InChI=1S/C7H9Cl2N3/c1-4(2)3-5-10-6(8)12-7(9)11-5/h4H,3H2,1-2H3/i1D3,2D3,3D2,4D. The summed E-state index contributed by atoms with van der Waals surface area (Å²) in [6.45, 7) is -6.99. The molecule has 0 aliphatic rings. The van der Waals surface area contributed by atoms with E-state index in [9.17, 15) is 0 Å². The molecule has 0 spiro atoms. The Morgan fingerprint density at radius 1 is 1.42 bits per heavy atom. The summed E-state index contributed by atoms with van der Waals surface area (Å²) in [6.07, 6.45) is -3.29. The van der Waals surface area contributed by atoms with Gasteiger partial charge in [-0.05, 0) is 29.1 Å². The Bertz CT molecular complexity index is 507. The van der Waals surface area contributed by atoms with Crippen molar-refractivity contribution in [2.24, 2.45) is 5.89 Å². The van der Waals surface area contributed by atoms with E-state index in [0.717, 1.165) is 0 Å². The summed E-state index contributed by atoms with van der Waals surface area (Å²) in [5, 5.41) is -1.10. The van der Waals surface area contributed by atoms with Crippen molar-refractivity contribution in [2.75, 3.05) is 0 Å². The first-order chi connectivity index (χ1) is 9.14.